The highest BCUT2D eigenvalue weighted by Crippen LogP contribution is 2.13. The zero-order chi connectivity index (χ0) is 13.0. The highest BCUT2D eigenvalue weighted by molar-refractivity contribution is 9.09. The standard InChI is InChI=1S/C14H18BrNO2/c1-11-3-2-4-12(7-11)8-14(17)16-5-6-18-10-13(16)9-15/h2-4,7,13H,5-6,8-10H2,1H3. The molecule has 0 radical (unpaired) electrons. The van der Waals surface area contributed by atoms with Gasteiger partial charge in [0.2, 0.25) is 5.91 Å². The summed E-state index contributed by atoms with van der Waals surface area (Å²) in [6.07, 6.45) is 0.477. The molecule has 1 amide bonds. The molecule has 1 fully saturated rings. The third kappa shape index (κ3) is 3.33. The predicted molar refractivity (Wildman–Crippen MR) is 75.0 cm³/mol. The van der Waals surface area contributed by atoms with Crippen molar-refractivity contribution in [2.24, 2.45) is 0 Å². The van der Waals surface area contributed by atoms with Gasteiger partial charge in [-0.2, -0.15) is 0 Å². The third-order valence-corrected chi connectivity index (χ3v) is 3.91. The Hall–Kier alpha value is -0.870. The van der Waals surface area contributed by atoms with Crippen LogP contribution >= 0.6 is 15.9 Å². The van der Waals surface area contributed by atoms with Gasteiger partial charge in [-0.1, -0.05) is 45.8 Å². The Morgan fingerprint density at radius 3 is 3.11 bits per heavy atom. The second kappa shape index (κ2) is 6.34. The summed E-state index contributed by atoms with van der Waals surface area (Å²) in [6.45, 7) is 4.01. The van der Waals surface area contributed by atoms with E-state index in [1.54, 1.807) is 0 Å². The molecule has 1 atom stereocenters. The number of benzene rings is 1. The fraction of sp³-hybridized carbons (Fsp3) is 0.500. The number of alkyl halides is 1. The topological polar surface area (TPSA) is 29.5 Å². The van der Waals surface area contributed by atoms with Gasteiger partial charge in [0.15, 0.2) is 0 Å². The summed E-state index contributed by atoms with van der Waals surface area (Å²) in [6, 6.07) is 8.29. The number of halogens is 1. The molecule has 1 saturated heterocycles. The normalized spacial score (nSPS) is 19.9. The van der Waals surface area contributed by atoms with Crippen molar-refractivity contribution >= 4 is 21.8 Å². The SMILES string of the molecule is Cc1cccc(CC(=O)N2CCOCC2CBr)c1. The first-order chi connectivity index (χ1) is 8.70. The Morgan fingerprint density at radius 1 is 1.56 bits per heavy atom. The van der Waals surface area contributed by atoms with E-state index in [0.717, 1.165) is 10.9 Å². The van der Waals surface area contributed by atoms with Crippen molar-refractivity contribution in [1.29, 1.82) is 0 Å². The molecule has 0 aliphatic carbocycles. The van der Waals surface area contributed by atoms with Gasteiger partial charge in [-0.05, 0) is 12.5 Å². The van der Waals surface area contributed by atoms with Gasteiger partial charge in [-0.3, -0.25) is 4.79 Å². The Bertz CT molecular complexity index is 422. The number of hydrogen-bond donors (Lipinski definition) is 0. The van der Waals surface area contributed by atoms with E-state index in [9.17, 15) is 4.79 Å². The molecule has 18 heavy (non-hydrogen) atoms. The van der Waals surface area contributed by atoms with Gasteiger partial charge < -0.3 is 9.64 Å². The average Bonchev–Trinajstić information content (AvgIpc) is 2.38. The van der Waals surface area contributed by atoms with Crippen LogP contribution in [0.15, 0.2) is 24.3 Å². The number of nitrogens with zero attached hydrogens (tertiary/aromatic N) is 1. The van der Waals surface area contributed by atoms with E-state index in [0.29, 0.717) is 26.2 Å². The van der Waals surface area contributed by atoms with Crippen molar-refractivity contribution in [3.63, 3.8) is 0 Å². The predicted octanol–water partition coefficient (Wildman–Crippen LogP) is 2.16. The summed E-state index contributed by atoms with van der Waals surface area (Å²) in [7, 11) is 0. The Labute approximate surface area is 116 Å². The monoisotopic (exact) mass is 311 g/mol. The van der Waals surface area contributed by atoms with E-state index in [1.807, 2.05) is 30.0 Å². The average molecular weight is 312 g/mol. The van der Waals surface area contributed by atoms with E-state index in [4.69, 9.17) is 4.74 Å². The third-order valence-electron chi connectivity index (χ3n) is 3.16. The molecule has 0 bridgehead atoms. The van der Waals surface area contributed by atoms with Crippen LogP contribution in [0.4, 0.5) is 0 Å². The highest BCUT2D eigenvalue weighted by Gasteiger charge is 2.26. The number of amides is 1. The second-order valence-corrected chi connectivity index (χ2v) is 5.28. The van der Waals surface area contributed by atoms with Crippen molar-refractivity contribution in [1.82, 2.24) is 4.90 Å². The van der Waals surface area contributed by atoms with Gasteiger partial charge >= 0.3 is 0 Å². The molecule has 3 nitrogen and oxygen atoms in total. The van der Waals surface area contributed by atoms with Crippen LogP contribution in [0, 0.1) is 6.92 Å². The number of carbonyl (C=O) groups is 1. The van der Waals surface area contributed by atoms with Crippen LogP contribution in [-0.2, 0) is 16.0 Å². The summed E-state index contributed by atoms with van der Waals surface area (Å²) in [5.41, 5.74) is 2.28. The maximum atomic E-state index is 12.3. The van der Waals surface area contributed by atoms with Crippen LogP contribution in [0.1, 0.15) is 11.1 Å². The van der Waals surface area contributed by atoms with E-state index in [2.05, 4.69) is 22.0 Å². The molecule has 0 aromatic heterocycles. The molecule has 0 spiro atoms. The summed E-state index contributed by atoms with van der Waals surface area (Å²) in [5.74, 6) is 0.188. The quantitative estimate of drug-likeness (QED) is 0.801. The number of aryl methyl sites for hydroxylation is 1. The summed E-state index contributed by atoms with van der Waals surface area (Å²) in [4.78, 5) is 14.2. The zero-order valence-electron chi connectivity index (χ0n) is 10.6. The van der Waals surface area contributed by atoms with Gasteiger partial charge in [-0.15, -0.1) is 0 Å². The minimum absolute atomic E-state index is 0.163. The van der Waals surface area contributed by atoms with Gasteiger partial charge in [-0.25, -0.2) is 0 Å². The van der Waals surface area contributed by atoms with Crippen molar-refractivity contribution in [3.8, 4) is 0 Å². The van der Waals surface area contributed by atoms with Gasteiger partial charge in [0, 0.05) is 11.9 Å². The highest BCUT2D eigenvalue weighted by atomic mass is 79.9. The summed E-state index contributed by atoms with van der Waals surface area (Å²) >= 11 is 3.44. The number of carbonyl (C=O) groups excluding carboxylic acids is 1. The van der Waals surface area contributed by atoms with Crippen molar-refractivity contribution in [2.45, 2.75) is 19.4 Å². The Kier molecular flexibility index (Phi) is 4.78. The number of ether oxygens (including phenoxy) is 1. The van der Waals surface area contributed by atoms with Crippen LogP contribution in [0.25, 0.3) is 0 Å². The molecular formula is C14H18BrNO2. The molecule has 1 aromatic carbocycles. The Morgan fingerprint density at radius 2 is 2.39 bits per heavy atom. The van der Waals surface area contributed by atoms with E-state index in [-0.39, 0.29) is 11.9 Å². The van der Waals surface area contributed by atoms with Crippen molar-refractivity contribution < 1.29 is 9.53 Å². The molecule has 1 aliphatic rings. The maximum absolute atomic E-state index is 12.3. The second-order valence-electron chi connectivity index (χ2n) is 4.64. The molecule has 1 unspecified atom stereocenters. The van der Waals surface area contributed by atoms with Crippen LogP contribution < -0.4 is 0 Å². The lowest BCUT2D eigenvalue weighted by Crippen LogP contribution is -2.50. The largest absolute Gasteiger partial charge is 0.377 e. The smallest absolute Gasteiger partial charge is 0.227 e. The van der Waals surface area contributed by atoms with Crippen molar-refractivity contribution in [3.05, 3.63) is 35.4 Å². The molecule has 0 N–H and O–H groups in total. The molecule has 0 saturated carbocycles. The van der Waals surface area contributed by atoms with E-state index in [1.165, 1.54) is 5.56 Å². The first kappa shape index (κ1) is 13.6. The van der Waals surface area contributed by atoms with Crippen LogP contribution in [0.5, 0.6) is 0 Å². The van der Waals surface area contributed by atoms with E-state index >= 15 is 0 Å². The van der Waals surface area contributed by atoms with Gasteiger partial charge in [0.25, 0.3) is 0 Å². The molecule has 1 heterocycles. The van der Waals surface area contributed by atoms with Crippen LogP contribution in [-0.4, -0.2) is 41.9 Å². The maximum Gasteiger partial charge on any atom is 0.227 e. The first-order valence-electron chi connectivity index (χ1n) is 6.19. The van der Waals surface area contributed by atoms with Crippen molar-refractivity contribution in [2.75, 3.05) is 25.1 Å². The lowest BCUT2D eigenvalue weighted by atomic mass is 10.1. The first-order valence-corrected chi connectivity index (χ1v) is 7.31. The zero-order valence-corrected chi connectivity index (χ0v) is 12.1. The van der Waals surface area contributed by atoms with Crippen LogP contribution in [0.2, 0.25) is 0 Å². The van der Waals surface area contributed by atoms with E-state index < -0.39 is 0 Å². The fourth-order valence-electron chi connectivity index (χ4n) is 2.21. The molecule has 4 heteroatoms. The lowest BCUT2D eigenvalue weighted by Gasteiger charge is -2.34. The number of rotatable bonds is 3. The van der Waals surface area contributed by atoms with Gasteiger partial charge in [0.1, 0.15) is 0 Å². The number of morpholine rings is 1. The summed E-state index contributed by atoms with van der Waals surface area (Å²) < 4.78 is 5.40. The fourth-order valence-corrected chi connectivity index (χ4v) is 2.75. The minimum Gasteiger partial charge on any atom is -0.377 e. The van der Waals surface area contributed by atoms with Gasteiger partial charge in [0.05, 0.1) is 25.7 Å². The molecular weight excluding hydrogens is 294 g/mol. The Balaban J connectivity index is 2.02. The van der Waals surface area contributed by atoms with Crippen LogP contribution in [0.3, 0.4) is 0 Å². The number of hydrogen-bond acceptors (Lipinski definition) is 2. The molecule has 98 valence electrons. The minimum atomic E-state index is 0.163. The summed E-state index contributed by atoms with van der Waals surface area (Å²) in [5, 5.41) is 0.770. The molecule has 1 aromatic rings. The lowest BCUT2D eigenvalue weighted by molar-refractivity contribution is -0.138. The molecule has 1 aliphatic heterocycles. The molecule has 2 rings (SSSR count).